The first-order chi connectivity index (χ1) is 13.4. The van der Waals surface area contributed by atoms with E-state index >= 15 is 0 Å². The Morgan fingerprint density at radius 1 is 1.28 bits per heavy atom. The molecule has 1 amide bonds. The number of benzene rings is 1. The van der Waals surface area contributed by atoms with Crippen LogP contribution in [0.1, 0.15) is 42.9 Å². The first-order valence-electron chi connectivity index (χ1n) is 8.43. The van der Waals surface area contributed by atoms with Crippen molar-refractivity contribution in [2.75, 3.05) is 13.2 Å². The summed E-state index contributed by atoms with van der Waals surface area (Å²) in [7, 11) is -6.20. The van der Waals surface area contributed by atoms with Gasteiger partial charge in [-0.3, -0.25) is 0 Å². The average Bonchev–Trinajstić information content (AvgIpc) is 2.62. The molecule has 1 heterocycles. The summed E-state index contributed by atoms with van der Waals surface area (Å²) in [5.41, 5.74) is -8.01. The number of carbonyl (C=O) groups excluding carboxylic acids is 1. The quantitative estimate of drug-likeness (QED) is 0.281. The maximum atomic E-state index is 14.4. The number of amides is 1. The normalized spacial score (nSPS) is 14.7. The minimum Gasteiger partial charge on any atom is -0.449 e. The molecule has 13 heteroatoms. The molecule has 0 saturated heterocycles. The second kappa shape index (κ2) is 8.67. The zero-order chi connectivity index (χ0) is 22.0. The molecule has 0 fully saturated rings. The van der Waals surface area contributed by atoms with Crippen molar-refractivity contribution in [1.29, 1.82) is 0 Å². The lowest BCUT2D eigenvalue weighted by molar-refractivity contribution is -0.0500. The van der Waals surface area contributed by atoms with Crippen molar-refractivity contribution in [2.45, 2.75) is 44.7 Å². The molecule has 6 nitrogen and oxygen atoms in total. The molecular formula is C16H17F6NO5S. The Morgan fingerprint density at radius 2 is 1.93 bits per heavy atom. The second-order valence-corrected chi connectivity index (χ2v) is 7.70. The molecular weight excluding hydrogens is 432 g/mol. The number of carbonyl (C=O) groups is 1. The summed E-state index contributed by atoms with van der Waals surface area (Å²) in [6.07, 6.45) is -3.33. The summed E-state index contributed by atoms with van der Waals surface area (Å²) in [5.74, 6) is -2.49. The number of halogens is 6. The summed E-state index contributed by atoms with van der Waals surface area (Å²) < 4.78 is 110. The van der Waals surface area contributed by atoms with Gasteiger partial charge in [0, 0.05) is 12.1 Å². The maximum Gasteiger partial charge on any atom is 0.534 e. The van der Waals surface area contributed by atoms with Gasteiger partial charge in [0.05, 0.1) is 18.7 Å². The van der Waals surface area contributed by atoms with Crippen LogP contribution in [0.3, 0.4) is 0 Å². The summed E-state index contributed by atoms with van der Waals surface area (Å²) in [6.45, 7) is 1.19. The molecule has 0 radical (unpaired) electrons. The Morgan fingerprint density at radius 3 is 2.48 bits per heavy atom. The predicted molar refractivity (Wildman–Crippen MR) is 87.3 cm³/mol. The highest BCUT2D eigenvalue weighted by Gasteiger charge is 2.49. The number of fused-ring (bicyclic) bond motifs is 1. The van der Waals surface area contributed by atoms with Crippen LogP contribution in [0, 0.1) is 5.82 Å². The lowest BCUT2D eigenvalue weighted by atomic mass is 9.95. The molecule has 0 atom stereocenters. The number of unbranched alkanes of at least 4 members (excludes halogenated alkanes) is 1. The van der Waals surface area contributed by atoms with E-state index in [1.54, 1.807) is 0 Å². The van der Waals surface area contributed by atoms with E-state index in [4.69, 9.17) is 4.74 Å². The molecule has 0 saturated carbocycles. The topological polar surface area (TPSA) is 72.9 Å². The molecule has 0 bridgehead atoms. The SMILES string of the molecule is CCCCOC(=O)N1CCc2c(F)c(C(F)F)cc(OS(=O)(=O)C(F)(F)F)c2C1. The summed E-state index contributed by atoms with van der Waals surface area (Å²) >= 11 is 0. The third-order valence-corrected chi connectivity index (χ3v) is 5.11. The molecule has 1 aromatic rings. The monoisotopic (exact) mass is 449 g/mol. The maximum absolute atomic E-state index is 14.4. The lowest BCUT2D eigenvalue weighted by Crippen LogP contribution is -2.38. The third kappa shape index (κ3) is 5.06. The zero-order valence-electron chi connectivity index (χ0n) is 15.1. The van der Waals surface area contributed by atoms with E-state index in [-0.39, 0.29) is 25.6 Å². The van der Waals surface area contributed by atoms with Gasteiger partial charge in [-0.15, -0.1) is 0 Å². The molecule has 0 aromatic heterocycles. The smallest absolute Gasteiger partial charge is 0.449 e. The largest absolute Gasteiger partial charge is 0.534 e. The second-order valence-electron chi connectivity index (χ2n) is 6.16. The fourth-order valence-corrected chi connectivity index (χ4v) is 3.13. The van der Waals surface area contributed by atoms with Crippen LogP contribution in [0.2, 0.25) is 0 Å². The molecule has 1 aromatic carbocycles. The Balaban J connectivity index is 2.44. The van der Waals surface area contributed by atoms with Gasteiger partial charge in [0.15, 0.2) is 0 Å². The van der Waals surface area contributed by atoms with Crippen molar-refractivity contribution in [3.8, 4) is 5.75 Å². The average molecular weight is 449 g/mol. The Kier molecular flexibility index (Phi) is 6.91. The van der Waals surface area contributed by atoms with Gasteiger partial charge < -0.3 is 13.8 Å². The van der Waals surface area contributed by atoms with Crippen molar-refractivity contribution in [1.82, 2.24) is 4.90 Å². The molecule has 1 aliphatic heterocycles. The van der Waals surface area contributed by atoms with Gasteiger partial charge >= 0.3 is 21.7 Å². The highest BCUT2D eigenvalue weighted by atomic mass is 32.2. The number of hydrogen-bond acceptors (Lipinski definition) is 5. The van der Waals surface area contributed by atoms with Gasteiger partial charge in [0.25, 0.3) is 6.43 Å². The highest BCUT2D eigenvalue weighted by Crippen LogP contribution is 2.38. The van der Waals surface area contributed by atoms with Crippen LogP contribution in [-0.2, 0) is 27.8 Å². The van der Waals surface area contributed by atoms with Gasteiger partial charge in [-0.2, -0.15) is 21.6 Å². The van der Waals surface area contributed by atoms with Crippen LogP contribution in [0.5, 0.6) is 5.75 Å². The fourth-order valence-electron chi connectivity index (χ4n) is 2.65. The van der Waals surface area contributed by atoms with Crippen LogP contribution in [0.15, 0.2) is 6.07 Å². The molecule has 0 unspecified atom stereocenters. The lowest BCUT2D eigenvalue weighted by Gasteiger charge is -2.30. The Labute approximate surface area is 162 Å². The minimum atomic E-state index is -6.20. The van der Waals surface area contributed by atoms with Gasteiger partial charge in [-0.1, -0.05) is 13.3 Å². The van der Waals surface area contributed by atoms with Gasteiger partial charge in [-0.05, 0) is 24.5 Å². The fraction of sp³-hybridized carbons (Fsp3) is 0.562. The highest BCUT2D eigenvalue weighted by molar-refractivity contribution is 7.88. The van der Waals surface area contributed by atoms with Gasteiger partial charge in [-0.25, -0.2) is 18.0 Å². The van der Waals surface area contributed by atoms with Crippen LogP contribution in [0.25, 0.3) is 0 Å². The molecule has 1 aliphatic rings. The molecule has 164 valence electrons. The summed E-state index contributed by atoms with van der Waals surface area (Å²) in [5, 5.41) is 0. The van der Waals surface area contributed by atoms with Crippen LogP contribution in [-0.4, -0.2) is 38.1 Å². The number of rotatable bonds is 6. The van der Waals surface area contributed by atoms with E-state index in [1.807, 2.05) is 6.92 Å². The van der Waals surface area contributed by atoms with Gasteiger partial charge in [0.1, 0.15) is 11.6 Å². The van der Waals surface area contributed by atoms with Gasteiger partial charge in [0.2, 0.25) is 0 Å². The van der Waals surface area contributed by atoms with E-state index in [0.29, 0.717) is 6.42 Å². The number of nitrogens with zero attached hydrogens (tertiary/aromatic N) is 1. The molecule has 0 spiro atoms. The van der Waals surface area contributed by atoms with Crippen molar-refractivity contribution in [2.24, 2.45) is 0 Å². The molecule has 0 N–H and O–H groups in total. The van der Waals surface area contributed by atoms with Crippen LogP contribution >= 0.6 is 0 Å². The number of alkyl halides is 5. The van der Waals surface area contributed by atoms with E-state index in [0.717, 1.165) is 11.3 Å². The number of ether oxygens (including phenoxy) is 1. The standard InChI is InChI=1S/C16H17F6NO5S/c1-2-3-6-27-15(24)23-5-4-9-11(8-23)12(7-10(13(9)17)14(18)19)28-29(25,26)16(20,21)22/h7,14H,2-6,8H2,1H3. The van der Waals surface area contributed by atoms with Crippen molar-refractivity contribution >= 4 is 16.2 Å². The zero-order valence-corrected chi connectivity index (χ0v) is 15.9. The van der Waals surface area contributed by atoms with Crippen molar-refractivity contribution in [3.05, 3.63) is 28.6 Å². The van der Waals surface area contributed by atoms with E-state index < -0.39 is 62.9 Å². The van der Waals surface area contributed by atoms with E-state index in [2.05, 4.69) is 4.18 Å². The first kappa shape index (κ1) is 23.1. The van der Waals surface area contributed by atoms with E-state index in [1.165, 1.54) is 0 Å². The Bertz CT molecular complexity index is 872. The molecule has 29 heavy (non-hydrogen) atoms. The Hall–Kier alpha value is -2.18. The van der Waals surface area contributed by atoms with Crippen LogP contribution < -0.4 is 4.18 Å². The minimum absolute atomic E-state index is 0.0726. The van der Waals surface area contributed by atoms with Crippen molar-refractivity contribution in [3.63, 3.8) is 0 Å². The third-order valence-electron chi connectivity index (χ3n) is 4.15. The van der Waals surface area contributed by atoms with Crippen molar-refractivity contribution < 1.29 is 48.5 Å². The first-order valence-corrected chi connectivity index (χ1v) is 9.84. The van der Waals surface area contributed by atoms with Crippen LogP contribution in [0.4, 0.5) is 31.1 Å². The summed E-state index contributed by atoms with van der Waals surface area (Å²) in [4.78, 5) is 13.0. The predicted octanol–water partition coefficient (Wildman–Crippen LogP) is 4.29. The molecule has 2 rings (SSSR count). The summed E-state index contributed by atoms with van der Waals surface area (Å²) in [6, 6.07) is 0.202. The van der Waals surface area contributed by atoms with E-state index in [9.17, 15) is 39.6 Å². The molecule has 0 aliphatic carbocycles. The number of hydrogen-bond donors (Lipinski definition) is 0.